The maximum atomic E-state index is 12.7. The molecule has 0 aromatic heterocycles. The first-order valence-electron chi connectivity index (χ1n) is 4.64. The molecule has 3 nitrogen and oxygen atoms in total. The van der Waals surface area contributed by atoms with Gasteiger partial charge in [0.05, 0.1) is 4.90 Å². The summed E-state index contributed by atoms with van der Waals surface area (Å²) < 4.78 is 48.6. The number of nitrogens with two attached hydrogens (primary N) is 1. The molecule has 0 heterocycles. The normalized spacial score (nSPS) is 12.8. The van der Waals surface area contributed by atoms with E-state index >= 15 is 0 Å². The molecule has 2 N–H and O–H groups in total. The van der Waals surface area contributed by atoms with Crippen molar-refractivity contribution in [2.75, 3.05) is 5.75 Å². The van der Waals surface area contributed by atoms with Crippen molar-refractivity contribution in [3.05, 3.63) is 29.8 Å². The Morgan fingerprint density at radius 3 is 2.50 bits per heavy atom. The molecule has 0 amide bonds. The highest BCUT2D eigenvalue weighted by Gasteiger charge is 2.31. The van der Waals surface area contributed by atoms with Gasteiger partial charge in [-0.1, -0.05) is 12.1 Å². The van der Waals surface area contributed by atoms with E-state index in [9.17, 15) is 17.2 Å². The van der Waals surface area contributed by atoms with Crippen molar-refractivity contribution in [2.45, 2.75) is 24.3 Å². The predicted octanol–water partition coefficient (Wildman–Crippen LogP) is 1.57. The van der Waals surface area contributed by atoms with E-state index in [2.05, 4.69) is 0 Å². The number of halogens is 2. The SMILES string of the molecule is CC(F)(F)CS(=O)(=O)c1cccc(CN)c1. The van der Waals surface area contributed by atoms with Gasteiger partial charge in [-0.15, -0.1) is 0 Å². The molecule has 0 saturated carbocycles. The third kappa shape index (κ3) is 3.53. The van der Waals surface area contributed by atoms with Gasteiger partial charge < -0.3 is 5.73 Å². The molecule has 1 aromatic rings. The average Bonchev–Trinajstić information content (AvgIpc) is 2.14. The fourth-order valence-electron chi connectivity index (χ4n) is 1.28. The lowest BCUT2D eigenvalue weighted by atomic mass is 10.2. The first-order valence-corrected chi connectivity index (χ1v) is 6.29. The number of rotatable bonds is 4. The molecule has 0 atom stereocenters. The predicted molar refractivity (Wildman–Crippen MR) is 57.0 cm³/mol. The largest absolute Gasteiger partial charge is 0.326 e. The van der Waals surface area contributed by atoms with Gasteiger partial charge in [-0.05, 0) is 17.7 Å². The van der Waals surface area contributed by atoms with Crippen molar-refractivity contribution in [3.8, 4) is 0 Å². The third-order valence-electron chi connectivity index (χ3n) is 1.94. The van der Waals surface area contributed by atoms with Gasteiger partial charge >= 0.3 is 0 Å². The lowest BCUT2D eigenvalue weighted by Gasteiger charge is -2.11. The molecule has 0 radical (unpaired) electrons. The number of alkyl halides is 2. The van der Waals surface area contributed by atoms with Gasteiger partial charge in [0.2, 0.25) is 0 Å². The van der Waals surface area contributed by atoms with Crippen LogP contribution in [0, 0.1) is 0 Å². The summed E-state index contributed by atoms with van der Waals surface area (Å²) in [6.45, 7) is 0.753. The lowest BCUT2D eigenvalue weighted by Crippen LogP contribution is -2.24. The van der Waals surface area contributed by atoms with Crippen LogP contribution >= 0.6 is 0 Å². The molecule has 0 spiro atoms. The van der Waals surface area contributed by atoms with E-state index < -0.39 is 21.5 Å². The van der Waals surface area contributed by atoms with Crippen molar-refractivity contribution in [1.29, 1.82) is 0 Å². The Morgan fingerprint density at radius 2 is 2.00 bits per heavy atom. The zero-order valence-electron chi connectivity index (χ0n) is 8.78. The minimum absolute atomic E-state index is 0.114. The third-order valence-corrected chi connectivity index (χ3v) is 3.80. The highest BCUT2D eigenvalue weighted by atomic mass is 32.2. The summed E-state index contributed by atoms with van der Waals surface area (Å²) in [6.07, 6.45) is 0. The van der Waals surface area contributed by atoms with E-state index in [0.717, 1.165) is 0 Å². The van der Waals surface area contributed by atoms with Gasteiger partial charge in [0.15, 0.2) is 9.84 Å². The van der Waals surface area contributed by atoms with E-state index in [1.165, 1.54) is 18.2 Å². The number of hydrogen-bond donors (Lipinski definition) is 1. The summed E-state index contributed by atoms with van der Waals surface area (Å²) in [4.78, 5) is -0.114. The standard InChI is InChI=1S/C10H13F2NO2S/c1-10(11,12)7-16(14,15)9-4-2-3-8(5-9)6-13/h2-5H,6-7,13H2,1H3. The monoisotopic (exact) mass is 249 g/mol. The van der Waals surface area contributed by atoms with E-state index in [1.54, 1.807) is 6.07 Å². The van der Waals surface area contributed by atoms with Crippen LogP contribution in [0.2, 0.25) is 0 Å². The number of sulfone groups is 1. The topological polar surface area (TPSA) is 60.2 Å². The Kier molecular flexibility index (Phi) is 3.64. The molecule has 1 rings (SSSR count). The van der Waals surface area contributed by atoms with Crippen LogP contribution in [0.15, 0.2) is 29.2 Å². The van der Waals surface area contributed by atoms with Gasteiger partial charge in [-0.3, -0.25) is 0 Å². The Bertz CT molecular complexity index is 466. The van der Waals surface area contributed by atoms with Crippen molar-refractivity contribution >= 4 is 9.84 Å². The molecule has 0 fully saturated rings. The van der Waals surface area contributed by atoms with Crippen molar-refractivity contribution < 1.29 is 17.2 Å². The van der Waals surface area contributed by atoms with Gasteiger partial charge in [0.1, 0.15) is 5.75 Å². The second-order valence-corrected chi connectivity index (χ2v) is 5.67. The van der Waals surface area contributed by atoms with Crippen LogP contribution in [0.4, 0.5) is 8.78 Å². The highest BCUT2D eigenvalue weighted by Crippen LogP contribution is 2.21. The average molecular weight is 249 g/mol. The second kappa shape index (κ2) is 4.47. The summed E-state index contributed by atoms with van der Waals surface area (Å²) in [5.74, 6) is -4.43. The van der Waals surface area contributed by atoms with Gasteiger partial charge in [0, 0.05) is 13.5 Å². The van der Waals surface area contributed by atoms with Gasteiger partial charge in [-0.25, -0.2) is 17.2 Å². The summed E-state index contributed by atoms with van der Waals surface area (Å²) in [6, 6.07) is 5.74. The first-order chi connectivity index (χ1) is 7.24. The van der Waals surface area contributed by atoms with Crippen molar-refractivity contribution in [2.24, 2.45) is 5.73 Å². The Balaban J connectivity index is 3.08. The molecule has 90 valence electrons. The van der Waals surface area contributed by atoms with Crippen LogP contribution < -0.4 is 5.73 Å². The zero-order valence-corrected chi connectivity index (χ0v) is 9.60. The lowest BCUT2D eigenvalue weighted by molar-refractivity contribution is 0.0473. The minimum atomic E-state index is -3.96. The minimum Gasteiger partial charge on any atom is -0.326 e. The summed E-state index contributed by atoms with van der Waals surface area (Å²) in [7, 11) is -3.96. The maximum Gasteiger partial charge on any atom is 0.259 e. The van der Waals surface area contributed by atoms with E-state index in [1.807, 2.05) is 0 Å². The molecular formula is C10H13F2NO2S. The molecule has 0 aliphatic rings. The van der Waals surface area contributed by atoms with E-state index in [-0.39, 0.29) is 11.4 Å². The molecule has 0 aliphatic carbocycles. The quantitative estimate of drug-likeness (QED) is 0.881. The fourth-order valence-corrected chi connectivity index (χ4v) is 2.73. The summed E-state index contributed by atoms with van der Waals surface area (Å²) in [5, 5.41) is 0. The number of benzene rings is 1. The van der Waals surface area contributed by atoms with Gasteiger partial charge in [0.25, 0.3) is 5.92 Å². The van der Waals surface area contributed by atoms with Crippen LogP contribution in [0.25, 0.3) is 0 Å². The molecule has 0 bridgehead atoms. The molecular weight excluding hydrogens is 236 g/mol. The van der Waals surface area contributed by atoms with Crippen LogP contribution in [-0.2, 0) is 16.4 Å². The van der Waals surface area contributed by atoms with Crippen LogP contribution in [0.1, 0.15) is 12.5 Å². The Morgan fingerprint density at radius 1 is 1.38 bits per heavy atom. The summed E-state index contributed by atoms with van der Waals surface area (Å²) >= 11 is 0. The maximum absolute atomic E-state index is 12.7. The Labute approximate surface area is 93.2 Å². The van der Waals surface area contributed by atoms with Gasteiger partial charge in [-0.2, -0.15) is 0 Å². The van der Waals surface area contributed by atoms with Crippen LogP contribution in [0.5, 0.6) is 0 Å². The van der Waals surface area contributed by atoms with Crippen LogP contribution in [0.3, 0.4) is 0 Å². The molecule has 0 unspecified atom stereocenters. The van der Waals surface area contributed by atoms with E-state index in [4.69, 9.17) is 5.73 Å². The Hall–Kier alpha value is -1.01. The van der Waals surface area contributed by atoms with Crippen LogP contribution in [-0.4, -0.2) is 20.1 Å². The fraction of sp³-hybridized carbons (Fsp3) is 0.400. The van der Waals surface area contributed by atoms with Crippen molar-refractivity contribution in [1.82, 2.24) is 0 Å². The highest BCUT2D eigenvalue weighted by molar-refractivity contribution is 7.91. The van der Waals surface area contributed by atoms with E-state index in [0.29, 0.717) is 12.5 Å². The first kappa shape index (κ1) is 13.1. The molecule has 16 heavy (non-hydrogen) atoms. The molecule has 0 aliphatic heterocycles. The second-order valence-electron chi connectivity index (χ2n) is 3.68. The smallest absolute Gasteiger partial charge is 0.259 e. The zero-order chi connectivity index (χ0) is 12.4. The molecule has 0 saturated heterocycles. The number of hydrogen-bond acceptors (Lipinski definition) is 3. The van der Waals surface area contributed by atoms with Crippen molar-refractivity contribution in [3.63, 3.8) is 0 Å². The summed E-state index contributed by atoms with van der Waals surface area (Å²) in [5.41, 5.74) is 5.94. The molecule has 6 heteroatoms. The molecule has 1 aromatic carbocycles.